The zero-order valence-corrected chi connectivity index (χ0v) is 20.1. The quantitative estimate of drug-likeness (QED) is 0.434. The molecule has 11 heteroatoms. The number of sulfone groups is 1. The van der Waals surface area contributed by atoms with Crippen LogP contribution in [0, 0.1) is 5.82 Å². The van der Waals surface area contributed by atoms with Gasteiger partial charge in [0, 0.05) is 44.1 Å². The van der Waals surface area contributed by atoms with Crippen molar-refractivity contribution in [2.45, 2.75) is 24.7 Å². The predicted octanol–water partition coefficient (Wildman–Crippen LogP) is 3.66. The molecular formula is C24H24FN7O2S. The van der Waals surface area contributed by atoms with Crippen LogP contribution in [0.4, 0.5) is 21.8 Å². The lowest BCUT2D eigenvalue weighted by atomic mass is 10.1. The van der Waals surface area contributed by atoms with Crippen LogP contribution in [-0.2, 0) is 16.3 Å². The molecule has 1 N–H and O–H groups in total. The molecule has 0 bridgehead atoms. The molecule has 1 aliphatic rings. The summed E-state index contributed by atoms with van der Waals surface area (Å²) in [7, 11) is -3.50. The Kier molecular flexibility index (Phi) is 5.93. The number of halogens is 1. The van der Waals surface area contributed by atoms with Gasteiger partial charge < -0.3 is 10.2 Å². The minimum atomic E-state index is -3.50. The van der Waals surface area contributed by atoms with Gasteiger partial charge in [-0.25, -0.2) is 32.7 Å². The second-order valence-corrected chi connectivity index (χ2v) is 10.3. The highest BCUT2D eigenvalue weighted by molar-refractivity contribution is 7.90. The summed E-state index contributed by atoms with van der Waals surface area (Å²) in [4.78, 5) is 19.9. The molecule has 1 aromatic carbocycles. The first-order valence-electron chi connectivity index (χ1n) is 11.2. The Morgan fingerprint density at radius 2 is 1.91 bits per heavy atom. The van der Waals surface area contributed by atoms with Gasteiger partial charge in [0.2, 0.25) is 5.95 Å². The maximum atomic E-state index is 14.6. The summed E-state index contributed by atoms with van der Waals surface area (Å²) in [6, 6.07) is 3.75. The minimum Gasteiger partial charge on any atom is -0.337 e. The molecular weight excluding hydrogens is 469 g/mol. The van der Waals surface area contributed by atoms with Crippen LogP contribution >= 0.6 is 0 Å². The van der Waals surface area contributed by atoms with Crippen LogP contribution in [0.2, 0.25) is 0 Å². The highest BCUT2D eigenvalue weighted by atomic mass is 32.2. The highest BCUT2D eigenvalue weighted by Crippen LogP contribution is 2.28. The summed E-state index contributed by atoms with van der Waals surface area (Å²) in [6.07, 6.45) is 13.7. The van der Waals surface area contributed by atoms with E-state index in [-0.39, 0.29) is 10.6 Å². The van der Waals surface area contributed by atoms with E-state index in [2.05, 4.69) is 43.2 Å². The molecule has 1 aliphatic heterocycles. The van der Waals surface area contributed by atoms with Crippen LogP contribution < -0.4 is 10.2 Å². The molecule has 5 rings (SSSR count). The molecule has 0 radical (unpaired) electrons. The molecule has 0 unspecified atom stereocenters. The molecule has 0 atom stereocenters. The smallest absolute Gasteiger partial charge is 0.225 e. The third-order valence-corrected chi connectivity index (χ3v) is 7.07. The van der Waals surface area contributed by atoms with Crippen molar-refractivity contribution in [3.05, 3.63) is 72.5 Å². The average Bonchev–Trinajstić information content (AvgIpc) is 3.30. The monoisotopic (exact) mass is 493 g/mol. The van der Waals surface area contributed by atoms with Crippen LogP contribution in [-0.4, -0.2) is 52.1 Å². The summed E-state index contributed by atoms with van der Waals surface area (Å²) in [5.41, 5.74) is 3.00. The van der Waals surface area contributed by atoms with Gasteiger partial charge in [-0.2, -0.15) is 0 Å². The van der Waals surface area contributed by atoms with Crippen molar-refractivity contribution in [2.75, 3.05) is 29.6 Å². The number of nitrogens with zero attached hydrogens (tertiary/aromatic N) is 6. The summed E-state index contributed by atoms with van der Waals surface area (Å²) in [5.74, 6) is 1.24. The Bertz CT molecular complexity index is 1530. The van der Waals surface area contributed by atoms with E-state index in [1.807, 2.05) is 23.0 Å². The lowest BCUT2D eigenvalue weighted by molar-refractivity contribution is 0.596. The molecule has 4 aromatic rings. The Labute approximate surface area is 202 Å². The normalized spacial score (nSPS) is 14.3. The van der Waals surface area contributed by atoms with Gasteiger partial charge in [0.15, 0.2) is 15.7 Å². The van der Waals surface area contributed by atoms with Crippen molar-refractivity contribution in [3.63, 3.8) is 0 Å². The van der Waals surface area contributed by atoms with Gasteiger partial charge in [0.1, 0.15) is 17.2 Å². The molecule has 35 heavy (non-hydrogen) atoms. The van der Waals surface area contributed by atoms with Crippen molar-refractivity contribution in [1.29, 1.82) is 0 Å². The molecule has 0 saturated carbocycles. The van der Waals surface area contributed by atoms with Crippen LogP contribution in [0.15, 0.2) is 60.2 Å². The van der Waals surface area contributed by atoms with E-state index in [9.17, 15) is 12.8 Å². The van der Waals surface area contributed by atoms with Crippen molar-refractivity contribution < 1.29 is 12.8 Å². The molecule has 9 nitrogen and oxygen atoms in total. The molecule has 180 valence electrons. The van der Waals surface area contributed by atoms with Crippen molar-refractivity contribution in [3.8, 4) is 0 Å². The van der Waals surface area contributed by atoms with Gasteiger partial charge in [-0.15, -0.1) is 0 Å². The van der Waals surface area contributed by atoms with Gasteiger partial charge >= 0.3 is 0 Å². The minimum absolute atomic E-state index is 0.0802. The first kappa shape index (κ1) is 22.9. The molecule has 4 heterocycles. The number of fused-ring (bicyclic) bond motifs is 1. The van der Waals surface area contributed by atoms with E-state index in [4.69, 9.17) is 0 Å². The second kappa shape index (κ2) is 9.06. The van der Waals surface area contributed by atoms with E-state index in [1.165, 1.54) is 12.1 Å². The Morgan fingerprint density at radius 1 is 1.11 bits per heavy atom. The van der Waals surface area contributed by atoms with E-state index in [1.54, 1.807) is 12.4 Å². The predicted molar refractivity (Wildman–Crippen MR) is 132 cm³/mol. The Hall–Kier alpha value is -3.86. The third kappa shape index (κ3) is 4.59. The molecule has 0 saturated heterocycles. The Morgan fingerprint density at radius 3 is 2.57 bits per heavy atom. The van der Waals surface area contributed by atoms with Crippen LogP contribution in [0.1, 0.15) is 24.7 Å². The highest BCUT2D eigenvalue weighted by Gasteiger charge is 2.20. The topological polar surface area (TPSA) is 105 Å². The molecule has 3 aromatic heterocycles. The lowest BCUT2D eigenvalue weighted by Gasteiger charge is -2.26. The van der Waals surface area contributed by atoms with E-state index in [0.717, 1.165) is 48.7 Å². The standard InChI is InChI=1S/C24H24FN7O2S/c1-3-16-13-28-24(29-14-16)31-9-6-17(7-10-31)23-27-15-21-22(26-8-11-32(21)23)30-20-5-4-18(12-19(20)25)35(2,33)34/h4-6,8,11-15H,3,7,9-10H2,1-2H3,(H,26,30). The summed E-state index contributed by atoms with van der Waals surface area (Å²) < 4.78 is 39.9. The third-order valence-electron chi connectivity index (χ3n) is 5.96. The van der Waals surface area contributed by atoms with Crippen molar-refractivity contribution >= 4 is 38.4 Å². The molecule has 0 amide bonds. The van der Waals surface area contributed by atoms with E-state index < -0.39 is 15.7 Å². The van der Waals surface area contributed by atoms with E-state index >= 15 is 0 Å². The maximum absolute atomic E-state index is 14.6. The number of aromatic nitrogens is 5. The van der Waals surface area contributed by atoms with Crippen LogP contribution in [0.25, 0.3) is 11.1 Å². The van der Waals surface area contributed by atoms with Gasteiger partial charge in [0.05, 0.1) is 16.8 Å². The van der Waals surface area contributed by atoms with Crippen molar-refractivity contribution in [2.24, 2.45) is 0 Å². The van der Waals surface area contributed by atoms with Crippen molar-refractivity contribution in [1.82, 2.24) is 24.3 Å². The number of anilines is 3. The largest absolute Gasteiger partial charge is 0.337 e. The van der Waals surface area contributed by atoms with Gasteiger partial charge in [-0.3, -0.25) is 4.40 Å². The Balaban J connectivity index is 1.39. The molecule has 0 aliphatic carbocycles. The van der Waals surface area contributed by atoms with Gasteiger partial charge in [0.25, 0.3) is 0 Å². The fourth-order valence-electron chi connectivity index (χ4n) is 3.96. The fraction of sp³-hybridized carbons (Fsp3) is 0.250. The molecule has 0 spiro atoms. The SMILES string of the molecule is CCc1cnc(N2CC=C(c3ncc4c(Nc5ccc(S(C)(=O)=O)cc5F)nccn34)CC2)nc1. The lowest BCUT2D eigenvalue weighted by Crippen LogP contribution is -2.30. The number of benzene rings is 1. The zero-order chi connectivity index (χ0) is 24.6. The number of hydrogen-bond acceptors (Lipinski definition) is 8. The van der Waals surface area contributed by atoms with Gasteiger partial charge in [-0.05, 0) is 42.2 Å². The number of aryl methyl sites for hydroxylation is 1. The number of rotatable bonds is 6. The second-order valence-electron chi connectivity index (χ2n) is 8.32. The maximum Gasteiger partial charge on any atom is 0.225 e. The summed E-state index contributed by atoms with van der Waals surface area (Å²) in [5, 5.41) is 2.96. The zero-order valence-electron chi connectivity index (χ0n) is 19.3. The van der Waals surface area contributed by atoms with Crippen LogP contribution in [0.3, 0.4) is 0 Å². The van der Waals surface area contributed by atoms with E-state index in [0.29, 0.717) is 23.8 Å². The number of imidazole rings is 1. The van der Waals surface area contributed by atoms with Gasteiger partial charge in [-0.1, -0.05) is 13.0 Å². The summed E-state index contributed by atoms with van der Waals surface area (Å²) in [6.45, 7) is 3.51. The first-order valence-corrected chi connectivity index (χ1v) is 13.1. The fourth-order valence-corrected chi connectivity index (χ4v) is 4.60. The average molecular weight is 494 g/mol. The number of nitrogens with one attached hydrogen (secondary N) is 1. The molecule has 0 fully saturated rings. The number of hydrogen-bond donors (Lipinski definition) is 1. The first-order chi connectivity index (χ1) is 16.8. The van der Waals surface area contributed by atoms with Crippen LogP contribution in [0.5, 0.6) is 0 Å². The summed E-state index contributed by atoms with van der Waals surface area (Å²) >= 11 is 0.